The summed E-state index contributed by atoms with van der Waals surface area (Å²) in [4.78, 5) is 7.81. The van der Waals surface area contributed by atoms with E-state index in [1.54, 1.807) is 46.3 Å². The number of hydrogen-bond acceptors (Lipinski definition) is 6. The average Bonchev–Trinajstić information content (AvgIpc) is 3.52. The first-order chi connectivity index (χ1) is 18.6. The monoisotopic (exact) mass is 586 g/mol. The topological polar surface area (TPSA) is 102 Å². The number of nitrogens with zero attached hydrogens (tertiary/aromatic N) is 6. The van der Waals surface area contributed by atoms with Gasteiger partial charge in [-0.15, -0.1) is 0 Å². The van der Waals surface area contributed by atoms with Crippen molar-refractivity contribution in [3.63, 3.8) is 0 Å². The minimum absolute atomic E-state index is 0.301. The van der Waals surface area contributed by atoms with Gasteiger partial charge in [0.05, 0.1) is 13.1 Å². The van der Waals surface area contributed by atoms with E-state index in [-0.39, 0.29) is 11.6 Å². The molecule has 12 heteroatoms. The number of halogens is 2. The Hall–Kier alpha value is -3.07. The zero-order valence-electron chi connectivity index (χ0n) is 24.1. The molecule has 40 heavy (non-hydrogen) atoms. The summed E-state index contributed by atoms with van der Waals surface area (Å²) >= 11 is 0. The summed E-state index contributed by atoms with van der Waals surface area (Å²) in [5, 5.41) is 30.3. The molecule has 2 unspecified atom stereocenters. The third-order valence-corrected chi connectivity index (χ3v) is 9.48. The molecule has 0 aliphatic carbocycles. The van der Waals surface area contributed by atoms with Gasteiger partial charge in [0, 0.05) is 16.1 Å². The van der Waals surface area contributed by atoms with E-state index in [0.717, 1.165) is 11.1 Å². The molecule has 0 bridgehead atoms. The van der Waals surface area contributed by atoms with Crippen molar-refractivity contribution in [2.75, 3.05) is 0 Å². The van der Waals surface area contributed by atoms with Gasteiger partial charge < -0.3 is 10.2 Å². The summed E-state index contributed by atoms with van der Waals surface area (Å²) in [6.45, 7) is 13.8. The van der Waals surface area contributed by atoms with Crippen molar-refractivity contribution in [2.45, 2.75) is 75.7 Å². The van der Waals surface area contributed by atoms with Crippen LogP contribution in [-0.2, 0) is 24.3 Å². The van der Waals surface area contributed by atoms with E-state index in [1.165, 1.54) is 36.9 Å². The van der Waals surface area contributed by atoms with E-state index >= 15 is 0 Å². The second-order valence-electron chi connectivity index (χ2n) is 12.7. The summed E-state index contributed by atoms with van der Waals surface area (Å²) in [6.07, 6.45) is 6.05. The van der Waals surface area contributed by atoms with Crippen LogP contribution >= 0.6 is 0 Å². The fourth-order valence-corrected chi connectivity index (χ4v) is 9.08. The van der Waals surface area contributed by atoms with Crippen LogP contribution in [0.25, 0.3) is 0 Å². The van der Waals surface area contributed by atoms with Crippen molar-refractivity contribution >= 4 is 16.1 Å². The zero-order valence-corrected chi connectivity index (χ0v) is 26.1. The van der Waals surface area contributed by atoms with Gasteiger partial charge in [0.25, 0.3) is 0 Å². The predicted molar refractivity (Wildman–Crippen MR) is 157 cm³/mol. The van der Waals surface area contributed by atoms with Crippen LogP contribution in [0.5, 0.6) is 0 Å². The first-order valence-corrected chi connectivity index (χ1v) is 20.6. The van der Waals surface area contributed by atoms with E-state index in [0.29, 0.717) is 25.2 Å². The minimum atomic E-state index is -1.53. The second kappa shape index (κ2) is 12.6. The summed E-state index contributed by atoms with van der Waals surface area (Å²) in [7, 11) is -3.06. The first kappa shape index (κ1) is 31.5. The van der Waals surface area contributed by atoms with E-state index < -0.39 is 27.3 Å². The van der Waals surface area contributed by atoms with Gasteiger partial charge in [-0.3, -0.25) is 0 Å². The van der Waals surface area contributed by atoms with Crippen molar-refractivity contribution in [3.05, 3.63) is 96.6 Å². The smallest absolute Gasteiger partial charge is 0.137 e. The molecule has 2 N–H and O–H groups in total. The molecule has 0 spiro atoms. The van der Waals surface area contributed by atoms with Gasteiger partial charge in [-0.25, -0.2) is 28.1 Å². The van der Waals surface area contributed by atoms with Crippen molar-refractivity contribution in [1.29, 1.82) is 0 Å². The number of aliphatic hydroxyl groups is 2. The maximum absolute atomic E-state index is 13.1. The molecule has 0 fully saturated rings. The number of benzene rings is 2. The van der Waals surface area contributed by atoms with Gasteiger partial charge in [-0.2, -0.15) is 10.2 Å². The summed E-state index contributed by atoms with van der Waals surface area (Å²) in [6, 6.07) is 13.4. The summed E-state index contributed by atoms with van der Waals surface area (Å²) in [5.41, 5.74) is -0.661. The largest absolute Gasteiger partial charge is 0.384 e. The average molecular weight is 587 g/mol. The van der Waals surface area contributed by atoms with Crippen LogP contribution in [0.3, 0.4) is 0 Å². The van der Waals surface area contributed by atoms with Crippen molar-refractivity contribution in [1.82, 2.24) is 29.5 Å². The van der Waals surface area contributed by atoms with Gasteiger partial charge in [0.1, 0.15) is 48.1 Å². The van der Waals surface area contributed by atoms with Crippen LogP contribution in [0.2, 0.25) is 51.4 Å². The van der Waals surface area contributed by atoms with Crippen molar-refractivity contribution in [3.8, 4) is 0 Å². The Labute approximate surface area is 236 Å². The molecule has 4 aromatic rings. The molecule has 0 amide bonds. The normalized spacial score (nSPS) is 15.1. The van der Waals surface area contributed by atoms with Gasteiger partial charge in [-0.1, -0.05) is 63.5 Å². The predicted octanol–water partition coefficient (Wildman–Crippen LogP) is 5.29. The van der Waals surface area contributed by atoms with Gasteiger partial charge in [0.15, 0.2) is 0 Å². The Morgan fingerprint density at radius 2 is 0.950 bits per heavy atom. The molecular formula is C28H40F2N6O2Si2. The first-order valence-electron chi connectivity index (χ1n) is 13.2. The molecule has 2 aromatic heterocycles. The summed E-state index contributed by atoms with van der Waals surface area (Å²) < 4.78 is 29.4. The van der Waals surface area contributed by atoms with Crippen LogP contribution in [0.4, 0.5) is 8.78 Å². The maximum Gasteiger partial charge on any atom is 0.137 e. The van der Waals surface area contributed by atoms with Crippen LogP contribution < -0.4 is 0 Å². The van der Waals surface area contributed by atoms with E-state index in [2.05, 4.69) is 59.4 Å². The number of aromatic nitrogens is 6. The fourth-order valence-electron chi connectivity index (χ4n) is 4.94. The molecule has 0 radical (unpaired) electrons. The lowest BCUT2D eigenvalue weighted by Crippen LogP contribution is -2.39. The SMILES string of the molecule is C[Si](C)(C)CC(O)(Cn1cncn1)c1ccc(F)cc1.C[Si](C)(C)CC(O)(Cn1cncn1)c1ccc(F)cc1. The lowest BCUT2D eigenvalue weighted by atomic mass is 9.96. The Bertz CT molecular complexity index is 1210. The molecule has 2 aromatic carbocycles. The van der Waals surface area contributed by atoms with Crippen LogP contribution in [0.15, 0.2) is 73.8 Å². The molecule has 2 heterocycles. The molecule has 216 valence electrons. The molecule has 0 aliphatic rings. The zero-order chi connectivity index (χ0) is 29.6. The Morgan fingerprint density at radius 3 is 1.20 bits per heavy atom. The quantitative estimate of drug-likeness (QED) is 0.245. The van der Waals surface area contributed by atoms with E-state index in [4.69, 9.17) is 0 Å². The molecule has 4 rings (SSSR count). The molecule has 0 saturated carbocycles. The highest BCUT2D eigenvalue weighted by molar-refractivity contribution is 6.76. The third-order valence-electron chi connectivity index (χ3n) is 6.19. The van der Waals surface area contributed by atoms with Gasteiger partial charge in [-0.05, 0) is 47.5 Å². The molecule has 0 aliphatic heterocycles. The van der Waals surface area contributed by atoms with Crippen LogP contribution in [0.1, 0.15) is 11.1 Å². The van der Waals surface area contributed by atoms with E-state index in [1.807, 2.05) is 0 Å². The lowest BCUT2D eigenvalue weighted by molar-refractivity contribution is 0.0326. The third kappa shape index (κ3) is 9.54. The Kier molecular flexibility index (Phi) is 9.93. The fraction of sp³-hybridized carbons (Fsp3) is 0.429. The molecule has 0 saturated heterocycles. The maximum atomic E-state index is 13.1. The Morgan fingerprint density at radius 1 is 0.625 bits per heavy atom. The second-order valence-corrected chi connectivity index (χ2v) is 23.7. The van der Waals surface area contributed by atoms with E-state index in [9.17, 15) is 19.0 Å². The standard InChI is InChI=1S/2C14H20FN3OSi/c2*1-20(2,3)9-14(19,8-18-11-16-10-17-18)12-4-6-13(15)7-5-12/h2*4-7,10-11,19H,8-9H2,1-3H3. The van der Waals surface area contributed by atoms with Crippen molar-refractivity contribution < 1.29 is 19.0 Å². The molecule has 2 atom stereocenters. The van der Waals surface area contributed by atoms with Crippen molar-refractivity contribution in [2.24, 2.45) is 0 Å². The van der Waals surface area contributed by atoms with Crippen LogP contribution in [0, 0.1) is 11.6 Å². The van der Waals surface area contributed by atoms with Gasteiger partial charge in [0.2, 0.25) is 0 Å². The Balaban J connectivity index is 0.000000220. The number of hydrogen-bond donors (Lipinski definition) is 2. The highest BCUT2D eigenvalue weighted by atomic mass is 28.3. The van der Waals surface area contributed by atoms with Crippen LogP contribution in [-0.4, -0.2) is 55.9 Å². The highest BCUT2D eigenvalue weighted by Crippen LogP contribution is 2.34. The number of rotatable bonds is 10. The minimum Gasteiger partial charge on any atom is -0.384 e. The van der Waals surface area contributed by atoms with Gasteiger partial charge >= 0.3 is 0 Å². The molecule has 8 nitrogen and oxygen atoms in total. The highest BCUT2D eigenvalue weighted by Gasteiger charge is 2.37. The summed E-state index contributed by atoms with van der Waals surface area (Å²) in [5.74, 6) is -0.602. The molecular weight excluding hydrogens is 547 g/mol. The lowest BCUT2D eigenvalue weighted by Gasteiger charge is -2.33.